The monoisotopic (exact) mass is 402 g/mol. The van der Waals surface area contributed by atoms with E-state index in [1.807, 2.05) is 16.7 Å². The van der Waals surface area contributed by atoms with Gasteiger partial charge in [-0.25, -0.2) is 14.8 Å². The lowest BCUT2D eigenvalue weighted by Crippen LogP contribution is -2.51. The zero-order valence-electron chi connectivity index (χ0n) is 16.4. The summed E-state index contributed by atoms with van der Waals surface area (Å²) >= 11 is 1.33. The van der Waals surface area contributed by atoms with Gasteiger partial charge in [-0.1, -0.05) is 12.8 Å². The van der Waals surface area contributed by atoms with E-state index in [0.29, 0.717) is 23.9 Å². The molecule has 1 amide bonds. The van der Waals surface area contributed by atoms with E-state index in [1.165, 1.54) is 43.3 Å². The maximum Gasteiger partial charge on any atom is 0.348 e. The van der Waals surface area contributed by atoms with Crippen molar-refractivity contribution in [1.82, 2.24) is 14.9 Å². The first-order chi connectivity index (χ1) is 13.6. The smallest absolute Gasteiger partial charge is 0.348 e. The summed E-state index contributed by atoms with van der Waals surface area (Å²) < 4.78 is 5.17. The predicted octanol–water partition coefficient (Wildman–Crippen LogP) is 3.02. The van der Waals surface area contributed by atoms with E-state index in [0.717, 1.165) is 41.2 Å². The van der Waals surface area contributed by atoms with Gasteiger partial charge in [-0.3, -0.25) is 4.79 Å². The first-order valence-corrected chi connectivity index (χ1v) is 10.8. The Morgan fingerprint density at radius 2 is 2.07 bits per heavy atom. The van der Waals surface area contributed by atoms with Crippen LogP contribution in [0.3, 0.4) is 0 Å². The third kappa shape index (κ3) is 3.57. The first-order valence-electron chi connectivity index (χ1n) is 10.0. The highest BCUT2D eigenvalue weighted by atomic mass is 32.1. The number of anilines is 1. The van der Waals surface area contributed by atoms with Crippen molar-refractivity contribution in [2.45, 2.75) is 39.5 Å². The Kier molecular flexibility index (Phi) is 5.48. The Labute approximate surface area is 168 Å². The Balaban J connectivity index is 1.56. The summed E-state index contributed by atoms with van der Waals surface area (Å²) in [5.74, 6) is 1.23. The molecular weight excluding hydrogens is 376 g/mol. The second-order valence-corrected chi connectivity index (χ2v) is 8.56. The van der Waals surface area contributed by atoms with Crippen molar-refractivity contribution in [3.8, 4) is 0 Å². The van der Waals surface area contributed by atoms with Gasteiger partial charge in [0.15, 0.2) is 0 Å². The number of thiophene rings is 1. The molecule has 1 saturated carbocycles. The number of esters is 1. The fourth-order valence-electron chi connectivity index (χ4n) is 4.27. The minimum atomic E-state index is -0.327. The van der Waals surface area contributed by atoms with Crippen LogP contribution in [0.15, 0.2) is 6.33 Å². The van der Waals surface area contributed by atoms with Crippen LogP contribution in [0.25, 0.3) is 10.2 Å². The van der Waals surface area contributed by atoms with Crippen LogP contribution in [0, 0.1) is 12.8 Å². The number of carbonyl (C=O) groups excluding carboxylic acids is 2. The fourth-order valence-corrected chi connectivity index (χ4v) is 5.31. The van der Waals surface area contributed by atoms with Crippen molar-refractivity contribution in [2.24, 2.45) is 5.92 Å². The molecule has 28 heavy (non-hydrogen) atoms. The molecule has 1 saturated heterocycles. The van der Waals surface area contributed by atoms with Crippen molar-refractivity contribution < 1.29 is 14.3 Å². The fraction of sp³-hybridized carbons (Fsp3) is 0.600. The molecule has 7 nitrogen and oxygen atoms in total. The SMILES string of the molecule is CCOC(=O)c1sc2ncnc(N3CCN(CC4CCCC4)C(=O)C3)c2c1C. The Bertz CT molecular complexity index is 891. The molecule has 3 heterocycles. The third-order valence-corrected chi connectivity index (χ3v) is 6.92. The Morgan fingerprint density at radius 3 is 2.79 bits per heavy atom. The molecule has 2 aromatic heterocycles. The third-order valence-electron chi connectivity index (χ3n) is 5.74. The lowest BCUT2D eigenvalue weighted by molar-refractivity contribution is -0.131. The molecule has 2 aliphatic rings. The number of ether oxygens (including phenoxy) is 1. The molecule has 1 aliphatic carbocycles. The average molecular weight is 403 g/mol. The minimum absolute atomic E-state index is 0.156. The van der Waals surface area contributed by atoms with Gasteiger partial charge >= 0.3 is 5.97 Å². The quantitative estimate of drug-likeness (QED) is 0.716. The van der Waals surface area contributed by atoms with E-state index < -0.39 is 0 Å². The van der Waals surface area contributed by atoms with Gasteiger partial charge in [0.2, 0.25) is 5.91 Å². The van der Waals surface area contributed by atoms with Crippen molar-refractivity contribution >= 4 is 39.2 Å². The summed E-state index contributed by atoms with van der Waals surface area (Å²) in [5, 5.41) is 0.854. The predicted molar refractivity (Wildman–Crippen MR) is 109 cm³/mol. The molecule has 0 unspecified atom stereocenters. The normalized spacial score (nSPS) is 18.3. The maximum atomic E-state index is 12.8. The molecule has 1 aliphatic heterocycles. The minimum Gasteiger partial charge on any atom is -0.462 e. The van der Waals surface area contributed by atoms with E-state index >= 15 is 0 Å². The number of piperazine rings is 1. The number of rotatable bonds is 5. The van der Waals surface area contributed by atoms with Crippen LogP contribution in [0.5, 0.6) is 0 Å². The molecule has 0 N–H and O–H groups in total. The second-order valence-electron chi connectivity index (χ2n) is 7.57. The van der Waals surface area contributed by atoms with Gasteiger partial charge in [0.05, 0.1) is 18.5 Å². The van der Waals surface area contributed by atoms with E-state index in [1.54, 1.807) is 6.92 Å². The lowest BCUT2D eigenvalue weighted by Gasteiger charge is -2.36. The van der Waals surface area contributed by atoms with Crippen LogP contribution in [-0.4, -0.2) is 59.5 Å². The van der Waals surface area contributed by atoms with Crippen LogP contribution in [0.2, 0.25) is 0 Å². The van der Waals surface area contributed by atoms with Gasteiger partial charge in [-0.15, -0.1) is 11.3 Å². The van der Waals surface area contributed by atoms with Gasteiger partial charge in [0.1, 0.15) is 21.9 Å². The van der Waals surface area contributed by atoms with E-state index in [2.05, 4.69) is 9.97 Å². The number of hydrogen-bond donors (Lipinski definition) is 0. The largest absolute Gasteiger partial charge is 0.462 e. The summed E-state index contributed by atoms with van der Waals surface area (Å²) in [4.78, 5) is 39.2. The van der Waals surface area contributed by atoms with Crippen molar-refractivity contribution in [2.75, 3.05) is 37.7 Å². The zero-order chi connectivity index (χ0) is 19.7. The molecule has 2 aromatic rings. The van der Waals surface area contributed by atoms with Gasteiger partial charge < -0.3 is 14.5 Å². The molecule has 0 atom stereocenters. The van der Waals surface area contributed by atoms with Gasteiger partial charge in [0, 0.05) is 19.6 Å². The highest BCUT2D eigenvalue weighted by Crippen LogP contribution is 2.36. The van der Waals surface area contributed by atoms with E-state index in [4.69, 9.17) is 4.74 Å². The number of fused-ring (bicyclic) bond motifs is 1. The van der Waals surface area contributed by atoms with Crippen molar-refractivity contribution in [3.05, 3.63) is 16.8 Å². The van der Waals surface area contributed by atoms with Crippen molar-refractivity contribution in [3.63, 3.8) is 0 Å². The maximum absolute atomic E-state index is 12.8. The summed E-state index contributed by atoms with van der Waals surface area (Å²) in [5.41, 5.74) is 0.829. The number of nitrogens with zero attached hydrogens (tertiary/aromatic N) is 4. The molecular formula is C20H26N4O3S. The standard InChI is InChI=1S/C20H26N4O3S/c1-3-27-20(26)17-13(2)16-18(21-12-22-19(16)28-17)24-9-8-23(15(25)11-24)10-14-6-4-5-7-14/h12,14H,3-11H2,1-2H3. The topological polar surface area (TPSA) is 75.6 Å². The van der Waals surface area contributed by atoms with E-state index in [-0.39, 0.29) is 11.9 Å². The summed E-state index contributed by atoms with van der Waals surface area (Å²) in [6, 6.07) is 0. The number of carbonyl (C=O) groups is 2. The lowest BCUT2D eigenvalue weighted by atomic mass is 10.1. The summed E-state index contributed by atoms with van der Waals surface area (Å²) in [7, 11) is 0. The molecule has 0 bridgehead atoms. The molecule has 150 valence electrons. The molecule has 0 spiro atoms. The average Bonchev–Trinajstić information content (AvgIpc) is 3.31. The first kappa shape index (κ1) is 19.1. The molecule has 2 fully saturated rings. The number of hydrogen-bond acceptors (Lipinski definition) is 7. The van der Waals surface area contributed by atoms with Gasteiger partial charge in [-0.05, 0) is 38.2 Å². The van der Waals surface area contributed by atoms with Crippen molar-refractivity contribution in [1.29, 1.82) is 0 Å². The molecule has 8 heteroatoms. The van der Waals surface area contributed by atoms with Crippen LogP contribution in [-0.2, 0) is 9.53 Å². The summed E-state index contributed by atoms with van der Waals surface area (Å²) in [6.07, 6.45) is 6.57. The highest BCUT2D eigenvalue weighted by molar-refractivity contribution is 7.20. The second kappa shape index (κ2) is 8.03. The zero-order valence-corrected chi connectivity index (χ0v) is 17.3. The Morgan fingerprint density at radius 1 is 1.29 bits per heavy atom. The molecule has 0 aromatic carbocycles. The van der Waals surface area contributed by atoms with Gasteiger partial charge in [-0.2, -0.15) is 0 Å². The highest BCUT2D eigenvalue weighted by Gasteiger charge is 2.30. The van der Waals surface area contributed by atoms with E-state index in [9.17, 15) is 9.59 Å². The van der Waals surface area contributed by atoms with Crippen LogP contribution in [0.4, 0.5) is 5.82 Å². The Hall–Kier alpha value is -2.22. The number of amides is 1. The molecule has 0 radical (unpaired) electrons. The van der Waals surface area contributed by atoms with Crippen LogP contribution < -0.4 is 4.90 Å². The number of aromatic nitrogens is 2. The molecule has 4 rings (SSSR count). The van der Waals surface area contributed by atoms with Crippen LogP contribution >= 0.6 is 11.3 Å². The van der Waals surface area contributed by atoms with Gasteiger partial charge in [0.25, 0.3) is 0 Å². The number of aryl methyl sites for hydroxylation is 1. The summed E-state index contributed by atoms with van der Waals surface area (Å²) in [6.45, 7) is 6.70. The van der Waals surface area contributed by atoms with Crippen LogP contribution in [0.1, 0.15) is 47.8 Å².